The lowest BCUT2D eigenvalue weighted by Gasteiger charge is -1.98. The number of imidazole rings is 1. The molecule has 13 heavy (non-hydrogen) atoms. The molecular formula is C9H9N3O. The van der Waals surface area contributed by atoms with Crippen LogP contribution in [-0.4, -0.2) is 14.5 Å². The van der Waals surface area contributed by atoms with Crippen LogP contribution in [0.4, 0.5) is 0 Å². The maximum Gasteiger partial charge on any atom is 0.250 e. The Labute approximate surface area is 74.2 Å². The Hall–Kier alpha value is -1.58. The summed E-state index contributed by atoms with van der Waals surface area (Å²) in [6.45, 7) is 0. The summed E-state index contributed by atoms with van der Waals surface area (Å²) in [4.78, 5) is 17.9. The van der Waals surface area contributed by atoms with Gasteiger partial charge in [-0.3, -0.25) is 4.79 Å². The lowest BCUT2D eigenvalue weighted by molar-refractivity contribution is 0.765. The van der Waals surface area contributed by atoms with Crippen LogP contribution in [0.25, 0.3) is 11.0 Å². The van der Waals surface area contributed by atoms with E-state index in [0.717, 1.165) is 11.0 Å². The first kappa shape index (κ1) is 6.88. The van der Waals surface area contributed by atoms with E-state index >= 15 is 0 Å². The van der Waals surface area contributed by atoms with Gasteiger partial charge in [0.05, 0.1) is 11.8 Å². The zero-order chi connectivity index (χ0) is 8.84. The molecule has 1 aliphatic carbocycles. The molecule has 2 aromatic rings. The molecular weight excluding hydrogens is 166 g/mol. The quantitative estimate of drug-likeness (QED) is 0.704. The van der Waals surface area contributed by atoms with Crippen LogP contribution in [0.1, 0.15) is 18.9 Å². The highest BCUT2D eigenvalue weighted by Gasteiger charge is 2.24. The first-order valence-corrected chi connectivity index (χ1v) is 4.40. The van der Waals surface area contributed by atoms with Crippen molar-refractivity contribution in [2.75, 3.05) is 0 Å². The molecule has 0 atom stereocenters. The fraction of sp³-hybridized carbons (Fsp3) is 0.333. The molecule has 0 spiro atoms. The van der Waals surface area contributed by atoms with Crippen LogP contribution in [0.3, 0.4) is 0 Å². The molecule has 1 N–H and O–H groups in total. The minimum atomic E-state index is -0.0603. The van der Waals surface area contributed by atoms with E-state index in [1.54, 1.807) is 12.3 Å². The molecule has 0 saturated heterocycles. The smallest absolute Gasteiger partial charge is 0.250 e. The summed E-state index contributed by atoms with van der Waals surface area (Å²) in [7, 11) is 0. The maximum atomic E-state index is 11.1. The molecule has 0 aromatic carbocycles. The van der Waals surface area contributed by atoms with Gasteiger partial charge in [0, 0.05) is 18.3 Å². The Bertz CT molecular complexity index is 507. The zero-order valence-electron chi connectivity index (χ0n) is 7.03. The van der Waals surface area contributed by atoms with Gasteiger partial charge < -0.3 is 9.55 Å². The van der Waals surface area contributed by atoms with Gasteiger partial charge in [0.1, 0.15) is 5.52 Å². The molecule has 4 nitrogen and oxygen atoms in total. The van der Waals surface area contributed by atoms with Gasteiger partial charge in [-0.15, -0.1) is 0 Å². The number of hydrogen-bond donors (Lipinski definition) is 1. The van der Waals surface area contributed by atoms with Crippen molar-refractivity contribution >= 4 is 11.0 Å². The lowest BCUT2D eigenvalue weighted by atomic mass is 10.4. The molecule has 1 saturated carbocycles. The normalized spacial score (nSPS) is 16.6. The molecule has 1 aliphatic rings. The number of H-pyrrole nitrogens is 1. The van der Waals surface area contributed by atoms with Crippen molar-refractivity contribution in [2.24, 2.45) is 0 Å². The molecule has 0 radical (unpaired) electrons. The molecule has 4 heteroatoms. The second kappa shape index (κ2) is 2.22. The number of aromatic amines is 1. The number of nitrogens with one attached hydrogen (secondary N) is 1. The van der Waals surface area contributed by atoms with Crippen LogP contribution in [-0.2, 0) is 0 Å². The van der Waals surface area contributed by atoms with E-state index in [2.05, 4.69) is 14.5 Å². The Morgan fingerprint density at radius 1 is 1.54 bits per heavy atom. The Morgan fingerprint density at radius 2 is 2.38 bits per heavy atom. The predicted molar refractivity (Wildman–Crippen MR) is 48.6 cm³/mol. The summed E-state index contributed by atoms with van der Waals surface area (Å²) in [5.41, 5.74) is 1.76. The first-order valence-electron chi connectivity index (χ1n) is 4.40. The first-order chi connectivity index (χ1) is 6.34. The van der Waals surface area contributed by atoms with Crippen molar-refractivity contribution < 1.29 is 0 Å². The molecule has 2 heterocycles. The molecule has 2 aromatic heterocycles. The highest BCUT2D eigenvalue weighted by Crippen LogP contribution is 2.36. The van der Waals surface area contributed by atoms with Gasteiger partial charge in [-0.05, 0) is 12.8 Å². The number of hydrogen-bond acceptors (Lipinski definition) is 2. The minimum Gasteiger partial charge on any atom is -0.327 e. The van der Waals surface area contributed by atoms with E-state index in [1.165, 1.54) is 12.8 Å². The third-order valence-electron chi connectivity index (χ3n) is 2.42. The highest BCUT2D eigenvalue weighted by molar-refractivity contribution is 5.73. The second-order valence-electron chi connectivity index (χ2n) is 3.45. The molecule has 1 fully saturated rings. The van der Waals surface area contributed by atoms with Crippen LogP contribution in [0, 0.1) is 0 Å². The van der Waals surface area contributed by atoms with Gasteiger partial charge in [-0.2, -0.15) is 0 Å². The number of fused-ring (bicyclic) bond motifs is 1. The minimum absolute atomic E-state index is 0.0603. The number of nitrogens with zero attached hydrogens (tertiary/aromatic N) is 2. The largest absolute Gasteiger partial charge is 0.327 e. The molecule has 0 aliphatic heterocycles. The van der Waals surface area contributed by atoms with Gasteiger partial charge in [0.15, 0.2) is 0 Å². The van der Waals surface area contributed by atoms with Crippen LogP contribution in [0.2, 0.25) is 0 Å². The SMILES string of the molecule is O=c1cc2c(c[nH]1)ncn2C1CC1. The van der Waals surface area contributed by atoms with Crippen molar-refractivity contribution in [3.8, 4) is 0 Å². The van der Waals surface area contributed by atoms with E-state index in [4.69, 9.17) is 0 Å². The molecule has 0 bridgehead atoms. The van der Waals surface area contributed by atoms with E-state index in [1.807, 2.05) is 6.33 Å². The van der Waals surface area contributed by atoms with Crippen molar-refractivity contribution in [1.82, 2.24) is 14.5 Å². The zero-order valence-corrected chi connectivity index (χ0v) is 7.03. The Balaban J connectivity index is 2.35. The summed E-state index contributed by atoms with van der Waals surface area (Å²) < 4.78 is 2.09. The molecule has 3 rings (SSSR count). The van der Waals surface area contributed by atoms with Crippen molar-refractivity contribution in [3.63, 3.8) is 0 Å². The summed E-state index contributed by atoms with van der Waals surface area (Å²) in [5, 5.41) is 0. The van der Waals surface area contributed by atoms with Crippen LogP contribution < -0.4 is 5.56 Å². The predicted octanol–water partition coefficient (Wildman–Crippen LogP) is 1.06. The Kier molecular flexibility index (Phi) is 1.17. The van der Waals surface area contributed by atoms with Crippen LogP contribution in [0.5, 0.6) is 0 Å². The second-order valence-corrected chi connectivity index (χ2v) is 3.45. The van der Waals surface area contributed by atoms with Crippen LogP contribution >= 0.6 is 0 Å². The van der Waals surface area contributed by atoms with Gasteiger partial charge >= 0.3 is 0 Å². The number of pyridine rings is 1. The van der Waals surface area contributed by atoms with Crippen molar-refractivity contribution in [1.29, 1.82) is 0 Å². The van der Waals surface area contributed by atoms with Gasteiger partial charge in [0.25, 0.3) is 0 Å². The van der Waals surface area contributed by atoms with E-state index in [-0.39, 0.29) is 5.56 Å². The standard InChI is InChI=1S/C9H9N3O/c13-9-3-8-7(4-10-9)11-5-12(8)6-1-2-6/h3-6H,1-2H2,(H,10,13). The average Bonchev–Trinajstić information content (AvgIpc) is 2.87. The van der Waals surface area contributed by atoms with E-state index in [0.29, 0.717) is 6.04 Å². The van der Waals surface area contributed by atoms with E-state index < -0.39 is 0 Å². The Morgan fingerprint density at radius 3 is 3.15 bits per heavy atom. The van der Waals surface area contributed by atoms with Crippen molar-refractivity contribution in [3.05, 3.63) is 28.9 Å². The number of aromatic nitrogens is 3. The summed E-state index contributed by atoms with van der Waals surface area (Å²) in [6.07, 6.45) is 5.89. The third-order valence-corrected chi connectivity index (χ3v) is 2.42. The third kappa shape index (κ3) is 0.983. The highest BCUT2D eigenvalue weighted by atomic mass is 16.1. The van der Waals surface area contributed by atoms with Crippen molar-refractivity contribution in [2.45, 2.75) is 18.9 Å². The molecule has 66 valence electrons. The molecule has 0 unspecified atom stereocenters. The lowest BCUT2D eigenvalue weighted by Crippen LogP contribution is -2.03. The molecule has 0 amide bonds. The van der Waals surface area contributed by atoms with Crippen LogP contribution in [0.15, 0.2) is 23.4 Å². The maximum absolute atomic E-state index is 11.1. The van der Waals surface area contributed by atoms with E-state index in [9.17, 15) is 4.79 Å². The van der Waals surface area contributed by atoms with Gasteiger partial charge in [-0.1, -0.05) is 0 Å². The topological polar surface area (TPSA) is 50.7 Å². The number of rotatable bonds is 1. The van der Waals surface area contributed by atoms with Gasteiger partial charge in [0.2, 0.25) is 5.56 Å². The fourth-order valence-corrected chi connectivity index (χ4v) is 1.59. The monoisotopic (exact) mass is 175 g/mol. The summed E-state index contributed by atoms with van der Waals surface area (Å²) >= 11 is 0. The summed E-state index contributed by atoms with van der Waals surface area (Å²) in [5.74, 6) is 0. The summed E-state index contributed by atoms with van der Waals surface area (Å²) in [6, 6.07) is 2.19. The average molecular weight is 175 g/mol. The van der Waals surface area contributed by atoms with Gasteiger partial charge in [-0.25, -0.2) is 4.98 Å². The fourth-order valence-electron chi connectivity index (χ4n) is 1.59.